The number of ether oxygens (including phenoxy) is 1. The Morgan fingerprint density at radius 1 is 1.16 bits per heavy atom. The molecule has 0 bridgehead atoms. The van der Waals surface area contributed by atoms with Crippen molar-refractivity contribution in [2.45, 2.75) is 25.7 Å². The van der Waals surface area contributed by atoms with Crippen LogP contribution in [0.2, 0.25) is 0 Å². The molecule has 1 amide bonds. The van der Waals surface area contributed by atoms with Crippen LogP contribution in [0.1, 0.15) is 24.2 Å². The lowest BCUT2D eigenvalue weighted by Crippen LogP contribution is -2.40. The van der Waals surface area contributed by atoms with Gasteiger partial charge in [-0.2, -0.15) is 5.10 Å². The van der Waals surface area contributed by atoms with Crippen LogP contribution in [-0.2, 0) is 17.6 Å². The number of aromatic amines is 1. The molecule has 0 radical (unpaired) electrons. The van der Waals surface area contributed by atoms with E-state index in [4.69, 9.17) is 4.74 Å². The van der Waals surface area contributed by atoms with Gasteiger partial charge in [0.2, 0.25) is 5.91 Å². The fourth-order valence-electron chi connectivity index (χ4n) is 4.02. The lowest BCUT2D eigenvalue weighted by Gasteiger charge is -2.32. The van der Waals surface area contributed by atoms with Crippen molar-refractivity contribution in [1.82, 2.24) is 19.7 Å². The minimum absolute atomic E-state index is 0.103. The number of amides is 1. The molecule has 7 nitrogen and oxygen atoms in total. The molecule has 0 aliphatic carbocycles. The summed E-state index contributed by atoms with van der Waals surface area (Å²) in [5.41, 5.74) is 0.703. The first-order valence-corrected chi connectivity index (χ1v) is 10.4. The molecule has 1 aliphatic heterocycles. The van der Waals surface area contributed by atoms with E-state index in [1.165, 1.54) is 10.6 Å². The fourth-order valence-corrected chi connectivity index (χ4v) is 4.02. The van der Waals surface area contributed by atoms with E-state index in [0.717, 1.165) is 24.2 Å². The van der Waals surface area contributed by atoms with Gasteiger partial charge in [-0.25, -0.2) is 18.9 Å². The zero-order valence-corrected chi connectivity index (χ0v) is 17.4. The number of piperidine rings is 1. The van der Waals surface area contributed by atoms with Crippen LogP contribution >= 0.6 is 0 Å². The highest BCUT2D eigenvalue weighted by atomic mass is 19.1. The normalized spacial score (nSPS) is 14.6. The standard InChI is InChI=1S/C23H25FN4O3/c1-31-18-8-6-16(7-9-18)15-22(29)27-12-10-17(11-13-27)14-21-25-26-23(30)28(21)20-5-3-2-4-19(20)24/h2-9,17H,10-15H2,1H3,(H,26,30). The summed E-state index contributed by atoms with van der Waals surface area (Å²) in [6, 6.07) is 13.7. The predicted octanol–water partition coefficient (Wildman–Crippen LogP) is 2.73. The number of carbonyl (C=O) groups excluding carboxylic acids is 1. The van der Waals surface area contributed by atoms with E-state index in [0.29, 0.717) is 31.8 Å². The first-order valence-electron chi connectivity index (χ1n) is 10.4. The zero-order valence-electron chi connectivity index (χ0n) is 17.4. The average molecular weight is 424 g/mol. The van der Waals surface area contributed by atoms with Crippen LogP contribution in [0.4, 0.5) is 4.39 Å². The van der Waals surface area contributed by atoms with Gasteiger partial charge in [0.1, 0.15) is 17.4 Å². The van der Waals surface area contributed by atoms with E-state index < -0.39 is 11.5 Å². The van der Waals surface area contributed by atoms with Crippen molar-refractivity contribution in [1.29, 1.82) is 0 Å². The largest absolute Gasteiger partial charge is 0.497 e. The van der Waals surface area contributed by atoms with Gasteiger partial charge in [-0.1, -0.05) is 24.3 Å². The van der Waals surface area contributed by atoms with Crippen molar-refractivity contribution < 1.29 is 13.9 Å². The summed E-state index contributed by atoms with van der Waals surface area (Å²) < 4.78 is 20.7. The van der Waals surface area contributed by atoms with Crippen molar-refractivity contribution in [3.05, 3.63) is 76.2 Å². The minimum atomic E-state index is -0.466. The van der Waals surface area contributed by atoms with Gasteiger partial charge in [0.15, 0.2) is 0 Å². The molecule has 1 aromatic heterocycles. The van der Waals surface area contributed by atoms with Crippen LogP contribution < -0.4 is 10.4 Å². The Morgan fingerprint density at radius 3 is 2.55 bits per heavy atom. The van der Waals surface area contributed by atoms with E-state index in [1.807, 2.05) is 29.2 Å². The van der Waals surface area contributed by atoms with Crippen molar-refractivity contribution in [3.8, 4) is 11.4 Å². The van der Waals surface area contributed by atoms with Crippen LogP contribution in [0, 0.1) is 11.7 Å². The van der Waals surface area contributed by atoms with Crippen LogP contribution in [0.25, 0.3) is 5.69 Å². The quantitative estimate of drug-likeness (QED) is 0.660. The number of para-hydroxylation sites is 1. The summed E-state index contributed by atoms with van der Waals surface area (Å²) in [6.45, 7) is 1.32. The molecular weight excluding hydrogens is 399 g/mol. The molecule has 2 heterocycles. The van der Waals surface area contributed by atoms with Gasteiger partial charge < -0.3 is 9.64 Å². The number of rotatable bonds is 6. The number of benzene rings is 2. The molecule has 2 aromatic carbocycles. The first-order chi connectivity index (χ1) is 15.0. The Kier molecular flexibility index (Phi) is 6.16. The number of H-pyrrole nitrogens is 1. The molecule has 0 spiro atoms. The third-order valence-corrected chi connectivity index (χ3v) is 5.79. The van der Waals surface area contributed by atoms with E-state index in [1.54, 1.807) is 25.3 Å². The maximum absolute atomic E-state index is 14.2. The van der Waals surface area contributed by atoms with Crippen LogP contribution in [0.15, 0.2) is 53.3 Å². The summed E-state index contributed by atoms with van der Waals surface area (Å²) in [7, 11) is 1.61. The number of hydrogen-bond donors (Lipinski definition) is 1. The molecule has 1 aliphatic rings. The number of methoxy groups -OCH3 is 1. The van der Waals surface area contributed by atoms with Gasteiger partial charge in [0.25, 0.3) is 0 Å². The van der Waals surface area contributed by atoms with Gasteiger partial charge in [-0.15, -0.1) is 0 Å². The van der Waals surface area contributed by atoms with E-state index >= 15 is 0 Å². The molecule has 0 unspecified atom stereocenters. The lowest BCUT2D eigenvalue weighted by molar-refractivity contribution is -0.131. The Morgan fingerprint density at radius 2 is 1.87 bits per heavy atom. The SMILES string of the molecule is COc1ccc(CC(=O)N2CCC(Cc3n[nH]c(=O)n3-c3ccccc3F)CC2)cc1. The molecule has 8 heteroatoms. The van der Waals surface area contributed by atoms with E-state index in [-0.39, 0.29) is 17.5 Å². The van der Waals surface area contributed by atoms with E-state index in [9.17, 15) is 14.0 Å². The first kappa shape index (κ1) is 20.8. The topological polar surface area (TPSA) is 80.2 Å². The summed E-state index contributed by atoms with van der Waals surface area (Å²) in [5, 5.41) is 6.55. The third-order valence-electron chi connectivity index (χ3n) is 5.79. The highest BCUT2D eigenvalue weighted by Crippen LogP contribution is 2.23. The van der Waals surface area contributed by atoms with Crippen molar-refractivity contribution in [2.75, 3.05) is 20.2 Å². The molecule has 3 aromatic rings. The number of carbonyl (C=O) groups is 1. The van der Waals surface area contributed by atoms with Gasteiger partial charge in [-0.3, -0.25) is 4.79 Å². The Labute approximate surface area is 179 Å². The van der Waals surface area contributed by atoms with Gasteiger partial charge in [0, 0.05) is 19.5 Å². The molecule has 0 atom stereocenters. The maximum atomic E-state index is 14.2. The molecule has 0 saturated carbocycles. The molecule has 1 fully saturated rings. The number of nitrogens with zero attached hydrogens (tertiary/aromatic N) is 3. The smallest absolute Gasteiger partial charge is 0.348 e. The molecule has 162 valence electrons. The summed E-state index contributed by atoms with van der Waals surface area (Å²) in [6.07, 6.45) is 2.54. The number of likely N-dealkylation sites (tertiary alicyclic amines) is 1. The monoisotopic (exact) mass is 424 g/mol. The highest BCUT2D eigenvalue weighted by molar-refractivity contribution is 5.78. The number of hydrogen-bond acceptors (Lipinski definition) is 4. The second kappa shape index (κ2) is 9.16. The van der Waals surface area contributed by atoms with Gasteiger partial charge in [-0.05, 0) is 48.6 Å². The Hall–Kier alpha value is -3.42. The molecule has 4 rings (SSSR count). The molecular formula is C23H25FN4O3. The summed E-state index contributed by atoms with van der Waals surface area (Å²) in [5.74, 6) is 1.19. The predicted molar refractivity (Wildman–Crippen MR) is 114 cm³/mol. The van der Waals surface area contributed by atoms with Crippen LogP contribution in [0.5, 0.6) is 5.75 Å². The van der Waals surface area contributed by atoms with Crippen LogP contribution in [-0.4, -0.2) is 45.8 Å². The Balaban J connectivity index is 1.36. The van der Waals surface area contributed by atoms with Crippen molar-refractivity contribution >= 4 is 5.91 Å². The number of aromatic nitrogens is 3. The third kappa shape index (κ3) is 4.68. The van der Waals surface area contributed by atoms with Gasteiger partial charge >= 0.3 is 5.69 Å². The maximum Gasteiger partial charge on any atom is 0.348 e. The Bertz CT molecular complexity index is 1100. The van der Waals surface area contributed by atoms with Crippen LogP contribution in [0.3, 0.4) is 0 Å². The molecule has 1 saturated heterocycles. The zero-order chi connectivity index (χ0) is 21.8. The lowest BCUT2D eigenvalue weighted by atomic mass is 9.93. The molecule has 31 heavy (non-hydrogen) atoms. The number of nitrogens with one attached hydrogen (secondary N) is 1. The molecule has 1 N–H and O–H groups in total. The van der Waals surface area contributed by atoms with Crippen molar-refractivity contribution in [3.63, 3.8) is 0 Å². The second-order valence-electron chi connectivity index (χ2n) is 7.78. The fraction of sp³-hybridized carbons (Fsp3) is 0.348. The second-order valence-corrected chi connectivity index (χ2v) is 7.78. The highest BCUT2D eigenvalue weighted by Gasteiger charge is 2.25. The van der Waals surface area contributed by atoms with E-state index in [2.05, 4.69) is 10.2 Å². The summed E-state index contributed by atoms with van der Waals surface area (Å²) >= 11 is 0. The minimum Gasteiger partial charge on any atom is -0.497 e. The summed E-state index contributed by atoms with van der Waals surface area (Å²) in [4.78, 5) is 26.7. The number of halogens is 1. The van der Waals surface area contributed by atoms with Gasteiger partial charge in [0.05, 0.1) is 19.2 Å². The van der Waals surface area contributed by atoms with Crippen molar-refractivity contribution in [2.24, 2.45) is 5.92 Å². The average Bonchev–Trinajstić information content (AvgIpc) is 3.15.